The molecule has 0 amide bonds. The lowest BCUT2D eigenvalue weighted by Gasteiger charge is -2.14. The number of anilines is 2. The molecule has 2 aromatic heterocycles. The van der Waals surface area contributed by atoms with Crippen molar-refractivity contribution in [1.29, 1.82) is 5.26 Å². The highest BCUT2D eigenvalue weighted by Gasteiger charge is 2.12. The van der Waals surface area contributed by atoms with E-state index in [0.717, 1.165) is 23.2 Å². The van der Waals surface area contributed by atoms with Crippen LogP contribution in [0.15, 0.2) is 59.5 Å². The molecule has 2 aromatic carbocycles. The minimum Gasteiger partial charge on any atom is -0.382 e. The molecule has 4 aromatic rings. The molecule has 0 atom stereocenters. The zero-order valence-electron chi connectivity index (χ0n) is 17.1. The van der Waals surface area contributed by atoms with Gasteiger partial charge in [0.2, 0.25) is 5.95 Å². The molecule has 0 unspecified atom stereocenters. The number of nitrogens with two attached hydrogens (primary N) is 2. The Labute approximate surface area is 184 Å². The summed E-state index contributed by atoms with van der Waals surface area (Å²) in [4.78, 5) is 20.0. The highest BCUT2D eigenvalue weighted by Crippen LogP contribution is 2.23. The zero-order valence-corrected chi connectivity index (χ0v) is 17.9. The van der Waals surface area contributed by atoms with Crippen molar-refractivity contribution < 1.29 is 0 Å². The van der Waals surface area contributed by atoms with Crippen LogP contribution in [0.5, 0.6) is 0 Å². The van der Waals surface area contributed by atoms with Gasteiger partial charge in [0, 0.05) is 11.4 Å². The lowest BCUT2D eigenvalue weighted by Crippen LogP contribution is -2.22. The number of fused-ring (bicyclic) bond motifs is 1. The number of aromatic nitrogens is 3. The van der Waals surface area contributed by atoms with Crippen LogP contribution in [-0.4, -0.2) is 14.5 Å². The topological polar surface area (TPSA) is 124 Å². The number of hydrogen-bond donors (Lipinski definition) is 2. The number of hydrogen-bond acceptors (Lipinski definition) is 6. The average Bonchev–Trinajstić information content (AvgIpc) is 2.75. The van der Waals surface area contributed by atoms with Gasteiger partial charge in [0.1, 0.15) is 17.5 Å². The highest BCUT2D eigenvalue weighted by atomic mass is 35.5. The summed E-state index contributed by atoms with van der Waals surface area (Å²) in [6.07, 6.45) is 2.07. The molecule has 0 saturated heterocycles. The van der Waals surface area contributed by atoms with Gasteiger partial charge in [-0.2, -0.15) is 10.2 Å². The fraction of sp³-hybridized carbons (Fsp3) is 0.130. The van der Waals surface area contributed by atoms with Gasteiger partial charge in [-0.3, -0.25) is 9.36 Å². The maximum atomic E-state index is 12.9. The number of pyridine rings is 1. The van der Waals surface area contributed by atoms with Crippen LogP contribution >= 0.6 is 11.6 Å². The fourth-order valence-electron chi connectivity index (χ4n) is 3.11. The maximum absolute atomic E-state index is 12.9. The van der Waals surface area contributed by atoms with Crippen molar-refractivity contribution in [2.45, 2.75) is 20.3 Å². The normalized spacial score (nSPS) is 10.3. The van der Waals surface area contributed by atoms with E-state index in [1.807, 2.05) is 55.5 Å². The molecule has 0 aliphatic heterocycles. The second-order valence-corrected chi connectivity index (χ2v) is 7.22. The van der Waals surface area contributed by atoms with Crippen molar-refractivity contribution in [3.05, 3.63) is 86.9 Å². The van der Waals surface area contributed by atoms with Crippen LogP contribution in [0.4, 0.5) is 11.8 Å². The summed E-state index contributed by atoms with van der Waals surface area (Å²) < 4.78 is 1.76. The van der Waals surface area contributed by atoms with Gasteiger partial charge in [-0.25, -0.2) is 4.98 Å². The third-order valence-electron chi connectivity index (χ3n) is 4.68. The largest absolute Gasteiger partial charge is 0.382 e. The van der Waals surface area contributed by atoms with E-state index in [-0.39, 0.29) is 22.9 Å². The van der Waals surface area contributed by atoms with Gasteiger partial charge in [-0.15, -0.1) is 0 Å². The Kier molecular flexibility index (Phi) is 6.53. The quantitative estimate of drug-likeness (QED) is 0.492. The van der Waals surface area contributed by atoms with Gasteiger partial charge < -0.3 is 11.5 Å². The molecule has 156 valence electrons. The number of benzene rings is 2. The van der Waals surface area contributed by atoms with Crippen LogP contribution in [-0.2, 0) is 6.42 Å². The Bertz CT molecular complexity index is 1340. The van der Waals surface area contributed by atoms with Crippen LogP contribution in [0.25, 0.3) is 16.5 Å². The maximum Gasteiger partial charge on any atom is 0.264 e. The summed E-state index contributed by atoms with van der Waals surface area (Å²) in [7, 11) is 0. The van der Waals surface area contributed by atoms with Crippen molar-refractivity contribution in [3.63, 3.8) is 0 Å². The Hall–Kier alpha value is -3.89. The average molecular weight is 433 g/mol. The molecule has 31 heavy (non-hydrogen) atoms. The van der Waals surface area contributed by atoms with Crippen molar-refractivity contribution >= 4 is 34.1 Å². The highest BCUT2D eigenvalue weighted by molar-refractivity contribution is 6.35. The van der Waals surface area contributed by atoms with Gasteiger partial charge in [-0.1, -0.05) is 48.4 Å². The first-order valence-electron chi connectivity index (χ1n) is 9.54. The SMILES string of the molecule is CCc1cc2cccc(Cl)c2c(=O)n1-c1ccc(C)cc1.N#Cc1cnc(N)nc1N. The first-order valence-corrected chi connectivity index (χ1v) is 9.91. The van der Waals surface area contributed by atoms with Gasteiger partial charge in [0.05, 0.1) is 16.6 Å². The third-order valence-corrected chi connectivity index (χ3v) is 5.00. The van der Waals surface area contributed by atoms with E-state index >= 15 is 0 Å². The Morgan fingerprint density at radius 3 is 2.48 bits per heavy atom. The Morgan fingerprint density at radius 1 is 1.16 bits per heavy atom. The van der Waals surface area contributed by atoms with E-state index in [1.165, 1.54) is 11.8 Å². The van der Waals surface area contributed by atoms with E-state index < -0.39 is 0 Å². The van der Waals surface area contributed by atoms with Gasteiger partial charge in [0.15, 0.2) is 0 Å². The predicted octanol–water partition coefficient (Wildman–Crippen LogP) is 4.03. The molecule has 0 saturated carbocycles. The second kappa shape index (κ2) is 9.28. The van der Waals surface area contributed by atoms with E-state index in [1.54, 1.807) is 10.6 Å². The molecule has 4 rings (SSSR count). The molecule has 0 fully saturated rings. The van der Waals surface area contributed by atoms with Crippen LogP contribution in [0, 0.1) is 18.3 Å². The van der Waals surface area contributed by atoms with Crippen molar-refractivity contribution in [1.82, 2.24) is 14.5 Å². The van der Waals surface area contributed by atoms with Crippen LogP contribution in [0.2, 0.25) is 5.02 Å². The van der Waals surface area contributed by atoms with Crippen molar-refractivity contribution in [3.8, 4) is 11.8 Å². The standard InChI is InChI=1S/C18H16ClNO.C5H5N5/c1-3-14-11-13-5-4-6-16(19)17(13)18(21)20(14)15-9-7-12(2)8-10-15;6-1-3-2-9-5(8)10-4(3)7/h4-11H,3H2,1-2H3;2H,(H4,7,8,9,10). The second-order valence-electron chi connectivity index (χ2n) is 6.81. The fourth-order valence-corrected chi connectivity index (χ4v) is 3.37. The molecule has 0 aliphatic rings. The molecule has 8 heteroatoms. The van der Waals surface area contributed by atoms with Gasteiger partial charge >= 0.3 is 0 Å². The summed E-state index contributed by atoms with van der Waals surface area (Å²) in [5.41, 5.74) is 13.7. The molecule has 7 nitrogen and oxygen atoms in total. The van der Waals surface area contributed by atoms with Gasteiger partial charge in [0.25, 0.3) is 5.56 Å². The van der Waals surface area contributed by atoms with Crippen molar-refractivity contribution in [2.75, 3.05) is 11.5 Å². The minimum absolute atomic E-state index is 0.0567. The molecule has 0 bridgehead atoms. The smallest absolute Gasteiger partial charge is 0.264 e. The Balaban J connectivity index is 0.000000229. The number of nitriles is 1. The first kappa shape index (κ1) is 21.8. The molecular formula is C23H21ClN6O. The molecule has 0 spiro atoms. The molecule has 0 radical (unpaired) electrons. The number of aryl methyl sites for hydroxylation is 2. The molecule has 0 aliphatic carbocycles. The first-order chi connectivity index (χ1) is 14.8. The van der Waals surface area contributed by atoms with E-state index in [0.29, 0.717) is 10.4 Å². The lowest BCUT2D eigenvalue weighted by atomic mass is 10.1. The molecular weight excluding hydrogens is 412 g/mol. The van der Waals surface area contributed by atoms with Crippen LogP contribution < -0.4 is 17.0 Å². The number of nitrogens with zero attached hydrogens (tertiary/aromatic N) is 4. The lowest BCUT2D eigenvalue weighted by molar-refractivity contribution is 0.888. The van der Waals surface area contributed by atoms with Crippen molar-refractivity contribution in [2.24, 2.45) is 0 Å². The predicted molar refractivity (Wildman–Crippen MR) is 124 cm³/mol. The number of rotatable bonds is 2. The molecule has 2 heterocycles. The van der Waals surface area contributed by atoms with Gasteiger partial charge in [-0.05, 0) is 43.0 Å². The minimum atomic E-state index is -0.0567. The van der Waals surface area contributed by atoms with E-state index in [4.69, 9.17) is 28.3 Å². The summed E-state index contributed by atoms with van der Waals surface area (Å²) >= 11 is 6.23. The summed E-state index contributed by atoms with van der Waals surface area (Å²) in [5.74, 6) is 0.200. The van der Waals surface area contributed by atoms with Crippen LogP contribution in [0.1, 0.15) is 23.7 Å². The zero-order chi connectivity index (χ0) is 22.5. The third kappa shape index (κ3) is 4.65. The van der Waals surface area contributed by atoms with E-state index in [9.17, 15) is 4.79 Å². The summed E-state index contributed by atoms with van der Waals surface area (Å²) in [6, 6.07) is 17.4. The monoisotopic (exact) mass is 432 g/mol. The summed E-state index contributed by atoms with van der Waals surface area (Å²) in [5, 5.41) is 10.3. The molecule has 4 N–H and O–H groups in total. The number of nitrogen functional groups attached to an aromatic ring is 2. The summed E-state index contributed by atoms with van der Waals surface area (Å²) in [6.45, 7) is 4.08. The Morgan fingerprint density at radius 2 is 1.87 bits per heavy atom. The van der Waals surface area contributed by atoms with E-state index in [2.05, 4.69) is 16.9 Å². The van der Waals surface area contributed by atoms with Crippen LogP contribution in [0.3, 0.4) is 0 Å². The number of halogens is 1.